The molecule has 1 saturated heterocycles. The molecule has 1 aliphatic rings. The number of ether oxygens (including phenoxy) is 2. The summed E-state index contributed by atoms with van der Waals surface area (Å²) in [6, 6.07) is 4.22. The predicted molar refractivity (Wildman–Crippen MR) is 88.6 cm³/mol. The molecule has 0 aromatic heterocycles. The minimum absolute atomic E-state index is 0.221. The first-order valence-electron chi connectivity index (χ1n) is 8.11. The smallest absolute Gasteiger partial charge is 0.125 e. The molecule has 0 saturated carbocycles. The molecule has 1 fully saturated rings. The second kappa shape index (κ2) is 7.44. The van der Waals surface area contributed by atoms with Gasteiger partial charge >= 0.3 is 0 Å². The van der Waals surface area contributed by atoms with Gasteiger partial charge in [-0.05, 0) is 45.7 Å². The summed E-state index contributed by atoms with van der Waals surface area (Å²) in [5, 5.41) is 10.3. The molecule has 2 rings (SSSR count). The zero-order valence-corrected chi connectivity index (χ0v) is 14.4. The quantitative estimate of drug-likeness (QED) is 0.907. The Morgan fingerprint density at radius 1 is 1.18 bits per heavy atom. The summed E-state index contributed by atoms with van der Waals surface area (Å²) >= 11 is 0. The summed E-state index contributed by atoms with van der Waals surface area (Å²) in [6.45, 7) is 13.0. The Bertz CT molecular complexity index is 470. The van der Waals surface area contributed by atoms with Crippen LogP contribution < -0.4 is 4.74 Å². The standard InChI is InChI=1S/C18H29NO3/c1-12-6-13(2)18(14(3)7-12)21-11-17(20)10-19-8-15(4)22-16(5)9-19/h6-7,15-17,20H,8-11H2,1-5H3/t15-,16-,17+/m1/s1. The van der Waals surface area contributed by atoms with Gasteiger partial charge in [-0.2, -0.15) is 0 Å². The van der Waals surface area contributed by atoms with E-state index in [2.05, 4.69) is 37.8 Å². The maximum atomic E-state index is 10.3. The number of β-amino-alcohol motifs (C(OH)–C–C–N with tert-alkyl or cyclic N) is 1. The van der Waals surface area contributed by atoms with Crippen molar-refractivity contribution in [2.24, 2.45) is 0 Å². The van der Waals surface area contributed by atoms with Crippen molar-refractivity contribution in [3.8, 4) is 5.75 Å². The molecule has 22 heavy (non-hydrogen) atoms. The van der Waals surface area contributed by atoms with Crippen molar-refractivity contribution in [1.82, 2.24) is 4.90 Å². The van der Waals surface area contributed by atoms with E-state index >= 15 is 0 Å². The highest BCUT2D eigenvalue weighted by atomic mass is 16.5. The minimum Gasteiger partial charge on any atom is -0.490 e. The number of aryl methyl sites for hydroxylation is 3. The topological polar surface area (TPSA) is 41.9 Å². The Kier molecular flexibility index (Phi) is 5.84. The third-order valence-corrected chi connectivity index (χ3v) is 3.99. The van der Waals surface area contributed by atoms with Gasteiger partial charge in [0, 0.05) is 19.6 Å². The molecule has 124 valence electrons. The van der Waals surface area contributed by atoms with E-state index < -0.39 is 6.10 Å². The van der Waals surface area contributed by atoms with Crippen LogP contribution in [0.15, 0.2) is 12.1 Å². The van der Waals surface area contributed by atoms with Gasteiger partial charge in [-0.1, -0.05) is 17.7 Å². The SMILES string of the molecule is Cc1cc(C)c(OC[C@@H](O)CN2C[C@@H](C)O[C@H](C)C2)c(C)c1. The van der Waals surface area contributed by atoms with E-state index in [1.807, 2.05) is 13.8 Å². The highest BCUT2D eigenvalue weighted by molar-refractivity contribution is 5.42. The lowest BCUT2D eigenvalue weighted by Crippen LogP contribution is -2.48. The summed E-state index contributed by atoms with van der Waals surface area (Å²) in [6.07, 6.45) is -0.0467. The number of hydrogen-bond acceptors (Lipinski definition) is 4. The molecule has 4 heteroatoms. The van der Waals surface area contributed by atoms with Crippen molar-refractivity contribution in [3.05, 3.63) is 28.8 Å². The van der Waals surface area contributed by atoms with Crippen LogP contribution in [0.25, 0.3) is 0 Å². The number of nitrogens with zero attached hydrogens (tertiary/aromatic N) is 1. The van der Waals surface area contributed by atoms with Gasteiger partial charge in [0.25, 0.3) is 0 Å². The van der Waals surface area contributed by atoms with Gasteiger partial charge in [-0.15, -0.1) is 0 Å². The monoisotopic (exact) mass is 307 g/mol. The van der Waals surface area contributed by atoms with Gasteiger partial charge in [-0.25, -0.2) is 0 Å². The highest BCUT2D eigenvalue weighted by Gasteiger charge is 2.24. The van der Waals surface area contributed by atoms with E-state index in [1.165, 1.54) is 5.56 Å². The van der Waals surface area contributed by atoms with Crippen molar-refractivity contribution < 1.29 is 14.6 Å². The zero-order chi connectivity index (χ0) is 16.3. The van der Waals surface area contributed by atoms with Crippen LogP contribution in [0, 0.1) is 20.8 Å². The first-order chi connectivity index (χ1) is 10.3. The zero-order valence-electron chi connectivity index (χ0n) is 14.4. The van der Waals surface area contributed by atoms with E-state index in [1.54, 1.807) is 0 Å². The van der Waals surface area contributed by atoms with Crippen LogP contribution in [-0.2, 0) is 4.74 Å². The fraction of sp³-hybridized carbons (Fsp3) is 0.667. The molecule has 0 bridgehead atoms. The molecule has 0 spiro atoms. The molecule has 1 aliphatic heterocycles. The van der Waals surface area contributed by atoms with Crippen molar-refractivity contribution in [2.45, 2.75) is 52.9 Å². The minimum atomic E-state index is -0.488. The van der Waals surface area contributed by atoms with E-state index in [4.69, 9.17) is 9.47 Å². The highest BCUT2D eigenvalue weighted by Crippen LogP contribution is 2.24. The molecule has 1 N–H and O–H groups in total. The molecule has 1 heterocycles. The predicted octanol–water partition coefficient (Wildman–Crippen LogP) is 2.46. The molecule has 1 aromatic carbocycles. The first kappa shape index (κ1) is 17.3. The summed E-state index contributed by atoms with van der Waals surface area (Å²) in [5.41, 5.74) is 3.48. The van der Waals surface area contributed by atoms with Crippen LogP contribution in [-0.4, -0.2) is 54.6 Å². The number of benzene rings is 1. The van der Waals surface area contributed by atoms with Crippen molar-refractivity contribution in [3.63, 3.8) is 0 Å². The average molecular weight is 307 g/mol. The van der Waals surface area contributed by atoms with E-state index in [0.717, 1.165) is 30.0 Å². The number of aliphatic hydroxyl groups excluding tert-OH is 1. The molecule has 1 aromatic rings. The molecule has 4 nitrogen and oxygen atoms in total. The van der Waals surface area contributed by atoms with Gasteiger partial charge in [-0.3, -0.25) is 4.90 Å². The number of aliphatic hydroxyl groups is 1. The molecule has 0 aliphatic carbocycles. The van der Waals surface area contributed by atoms with Crippen molar-refractivity contribution in [2.75, 3.05) is 26.2 Å². The Morgan fingerprint density at radius 3 is 2.27 bits per heavy atom. The number of hydrogen-bond donors (Lipinski definition) is 1. The summed E-state index contributed by atoms with van der Waals surface area (Å²) in [5.74, 6) is 0.897. The van der Waals surface area contributed by atoms with Gasteiger partial charge in [0.2, 0.25) is 0 Å². The van der Waals surface area contributed by atoms with Gasteiger partial charge in [0.05, 0.1) is 12.2 Å². The van der Waals surface area contributed by atoms with Gasteiger partial charge in [0.1, 0.15) is 18.5 Å². The maximum Gasteiger partial charge on any atom is 0.125 e. The molecular weight excluding hydrogens is 278 g/mol. The van der Waals surface area contributed by atoms with Gasteiger partial charge < -0.3 is 14.6 Å². The van der Waals surface area contributed by atoms with Crippen LogP contribution in [0.3, 0.4) is 0 Å². The Morgan fingerprint density at radius 2 is 1.73 bits per heavy atom. The molecular formula is C18H29NO3. The second-order valence-corrected chi connectivity index (χ2v) is 6.67. The van der Waals surface area contributed by atoms with E-state index in [9.17, 15) is 5.11 Å². The normalized spacial score (nSPS) is 24.3. The summed E-state index contributed by atoms with van der Waals surface area (Å²) < 4.78 is 11.6. The lowest BCUT2D eigenvalue weighted by molar-refractivity contribution is -0.0787. The van der Waals surface area contributed by atoms with Crippen molar-refractivity contribution in [1.29, 1.82) is 0 Å². The Labute approximate surface area is 134 Å². The van der Waals surface area contributed by atoms with E-state index in [-0.39, 0.29) is 12.2 Å². The van der Waals surface area contributed by atoms with E-state index in [0.29, 0.717) is 13.2 Å². The first-order valence-corrected chi connectivity index (χ1v) is 8.11. The van der Waals surface area contributed by atoms with Crippen LogP contribution in [0.5, 0.6) is 5.75 Å². The lowest BCUT2D eigenvalue weighted by atomic mass is 10.1. The average Bonchev–Trinajstić information content (AvgIpc) is 2.35. The molecule has 3 atom stereocenters. The fourth-order valence-corrected chi connectivity index (χ4v) is 3.36. The fourth-order valence-electron chi connectivity index (χ4n) is 3.36. The second-order valence-electron chi connectivity index (χ2n) is 6.67. The van der Waals surface area contributed by atoms with Gasteiger partial charge in [0.15, 0.2) is 0 Å². The number of rotatable bonds is 5. The molecule has 0 unspecified atom stereocenters. The van der Waals surface area contributed by atoms with Crippen LogP contribution >= 0.6 is 0 Å². The third kappa shape index (κ3) is 4.70. The molecule has 0 radical (unpaired) electrons. The Balaban J connectivity index is 1.86. The molecule has 0 amide bonds. The lowest BCUT2D eigenvalue weighted by Gasteiger charge is -2.36. The summed E-state index contributed by atoms with van der Waals surface area (Å²) in [7, 11) is 0. The van der Waals surface area contributed by atoms with Crippen molar-refractivity contribution >= 4 is 0 Å². The maximum absolute atomic E-state index is 10.3. The summed E-state index contributed by atoms with van der Waals surface area (Å²) in [4.78, 5) is 2.25. The third-order valence-electron chi connectivity index (χ3n) is 3.99. The van der Waals surface area contributed by atoms with Crippen LogP contribution in [0.4, 0.5) is 0 Å². The van der Waals surface area contributed by atoms with Crippen LogP contribution in [0.2, 0.25) is 0 Å². The van der Waals surface area contributed by atoms with Crippen LogP contribution in [0.1, 0.15) is 30.5 Å². The number of morpholine rings is 1. The Hall–Kier alpha value is -1.10. The largest absolute Gasteiger partial charge is 0.490 e.